The van der Waals surface area contributed by atoms with Crippen LogP contribution in [0.1, 0.15) is 48.2 Å². The molecule has 1 aromatic heterocycles. The Hall–Kier alpha value is -1.30. The van der Waals surface area contributed by atoms with Crippen molar-refractivity contribution in [3.8, 4) is 0 Å². The maximum absolute atomic E-state index is 12.5. The topological polar surface area (TPSA) is 62.5 Å². The highest BCUT2D eigenvalue weighted by Crippen LogP contribution is 2.32. The van der Waals surface area contributed by atoms with Gasteiger partial charge in [-0.05, 0) is 38.0 Å². The molecule has 3 rings (SSSR count). The Morgan fingerprint density at radius 1 is 1.33 bits per heavy atom. The summed E-state index contributed by atoms with van der Waals surface area (Å²) in [5.41, 5.74) is 5.99. The molecule has 1 aliphatic heterocycles. The minimum Gasteiger partial charge on any atom is -0.382 e. The maximum atomic E-state index is 12.5. The fourth-order valence-corrected chi connectivity index (χ4v) is 4.04. The molecule has 2 N–H and O–H groups in total. The average Bonchev–Trinajstić information content (AvgIpc) is 2.85. The second-order valence-electron chi connectivity index (χ2n) is 6.24. The van der Waals surface area contributed by atoms with E-state index in [2.05, 4.69) is 9.88 Å². The number of thiazole rings is 1. The van der Waals surface area contributed by atoms with Gasteiger partial charge in [-0.2, -0.15) is 0 Å². The molecular weight excluding hydrogens is 284 g/mol. The number of aromatic nitrogens is 1. The van der Waals surface area contributed by atoms with E-state index in [0.29, 0.717) is 16.6 Å². The van der Waals surface area contributed by atoms with Crippen LogP contribution in [0.4, 0.5) is 10.9 Å². The van der Waals surface area contributed by atoms with E-state index in [-0.39, 0.29) is 5.91 Å². The van der Waals surface area contributed by atoms with Crippen molar-refractivity contribution in [1.29, 1.82) is 0 Å². The van der Waals surface area contributed by atoms with Crippen LogP contribution in [0.25, 0.3) is 0 Å². The number of piperidine rings is 1. The fraction of sp³-hybridized carbons (Fsp3) is 0.733. The van der Waals surface area contributed by atoms with Crippen LogP contribution in [-0.4, -0.2) is 42.5 Å². The summed E-state index contributed by atoms with van der Waals surface area (Å²) in [5, 5.41) is 0.910. The standard InChI is InChI=1S/C15H24N4OS/c1-18(10-11-6-5-7-11)14(20)12-13(16)17-15(21-12)19-8-3-2-4-9-19/h11H,2-10,16H2,1H3. The van der Waals surface area contributed by atoms with Crippen LogP contribution >= 0.6 is 11.3 Å². The Bertz CT molecular complexity index is 506. The first-order valence-corrected chi connectivity index (χ1v) is 8.73. The van der Waals surface area contributed by atoms with Crippen LogP contribution in [0.3, 0.4) is 0 Å². The Balaban J connectivity index is 1.68. The summed E-state index contributed by atoms with van der Waals surface area (Å²) in [6.07, 6.45) is 7.47. The second kappa shape index (κ2) is 6.22. The van der Waals surface area contributed by atoms with Crippen molar-refractivity contribution in [2.45, 2.75) is 38.5 Å². The zero-order valence-corrected chi connectivity index (χ0v) is 13.5. The molecule has 1 aliphatic carbocycles. The van der Waals surface area contributed by atoms with Crippen molar-refractivity contribution in [3.05, 3.63) is 4.88 Å². The molecule has 0 spiro atoms. The number of nitrogens with two attached hydrogens (primary N) is 1. The zero-order valence-electron chi connectivity index (χ0n) is 12.7. The number of carbonyl (C=O) groups is 1. The smallest absolute Gasteiger partial charge is 0.267 e. The van der Waals surface area contributed by atoms with Gasteiger partial charge in [0.15, 0.2) is 5.13 Å². The first kappa shape index (κ1) is 14.6. The normalized spacial score (nSPS) is 19.4. The van der Waals surface area contributed by atoms with E-state index in [9.17, 15) is 4.79 Å². The van der Waals surface area contributed by atoms with Crippen LogP contribution < -0.4 is 10.6 Å². The third-order valence-corrected chi connectivity index (χ3v) is 5.69. The van der Waals surface area contributed by atoms with Crippen molar-refractivity contribution in [3.63, 3.8) is 0 Å². The lowest BCUT2D eigenvalue weighted by atomic mass is 9.85. The summed E-state index contributed by atoms with van der Waals surface area (Å²) < 4.78 is 0. The Labute approximate surface area is 130 Å². The number of rotatable bonds is 4. The van der Waals surface area contributed by atoms with E-state index in [1.54, 1.807) is 0 Å². The first-order chi connectivity index (χ1) is 10.1. The monoisotopic (exact) mass is 308 g/mol. The van der Waals surface area contributed by atoms with Gasteiger partial charge in [-0.1, -0.05) is 17.8 Å². The lowest BCUT2D eigenvalue weighted by Crippen LogP contribution is -2.34. The number of carbonyl (C=O) groups excluding carboxylic acids is 1. The van der Waals surface area contributed by atoms with Gasteiger partial charge in [-0.3, -0.25) is 4.79 Å². The van der Waals surface area contributed by atoms with Gasteiger partial charge in [-0.15, -0.1) is 0 Å². The number of hydrogen-bond acceptors (Lipinski definition) is 5. The summed E-state index contributed by atoms with van der Waals surface area (Å²) in [7, 11) is 1.88. The third kappa shape index (κ3) is 3.15. The molecule has 0 unspecified atom stereocenters. The number of anilines is 2. The van der Waals surface area contributed by atoms with Crippen LogP contribution in [0, 0.1) is 5.92 Å². The van der Waals surface area contributed by atoms with Crippen LogP contribution in [0.5, 0.6) is 0 Å². The SMILES string of the molecule is CN(CC1CCC1)C(=O)c1sc(N2CCCCC2)nc1N. The molecule has 1 amide bonds. The number of amides is 1. The number of nitrogen functional groups attached to an aromatic ring is 1. The molecule has 116 valence electrons. The molecule has 21 heavy (non-hydrogen) atoms. The Morgan fingerprint density at radius 2 is 2.05 bits per heavy atom. The molecule has 0 radical (unpaired) electrons. The average molecular weight is 308 g/mol. The van der Waals surface area contributed by atoms with Gasteiger partial charge in [0, 0.05) is 26.7 Å². The largest absolute Gasteiger partial charge is 0.382 e. The van der Waals surface area contributed by atoms with E-state index < -0.39 is 0 Å². The predicted molar refractivity (Wildman–Crippen MR) is 86.9 cm³/mol. The van der Waals surface area contributed by atoms with Gasteiger partial charge in [0.05, 0.1) is 0 Å². The van der Waals surface area contributed by atoms with Crippen LogP contribution in [-0.2, 0) is 0 Å². The van der Waals surface area contributed by atoms with E-state index in [0.717, 1.165) is 24.8 Å². The molecule has 0 aromatic carbocycles. The summed E-state index contributed by atoms with van der Waals surface area (Å²) in [6.45, 7) is 2.90. The fourth-order valence-electron chi connectivity index (χ4n) is 3.01. The molecule has 1 saturated heterocycles. The van der Waals surface area contributed by atoms with E-state index in [4.69, 9.17) is 5.73 Å². The highest BCUT2D eigenvalue weighted by atomic mass is 32.1. The molecule has 1 aromatic rings. The molecule has 2 heterocycles. The molecular formula is C15H24N4OS. The predicted octanol–water partition coefficient (Wildman–Crippen LogP) is 2.59. The molecule has 6 heteroatoms. The summed E-state index contributed by atoms with van der Waals surface area (Å²) >= 11 is 1.45. The van der Waals surface area contributed by atoms with Gasteiger partial charge in [-0.25, -0.2) is 4.98 Å². The number of nitrogens with zero attached hydrogens (tertiary/aromatic N) is 3. The second-order valence-corrected chi connectivity index (χ2v) is 7.22. The van der Waals surface area contributed by atoms with Gasteiger partial charge >= 0.3 is 0 Å². The van der Waals surface area contributed by atoms with Gasteiger partial charge in [0.2, 0.25) is 0 Å². The molecule has 5 nitrogen and oxygen atoms in total. The van der Waals surface area contributed by atoms with Crippen molar-refractivity contribution in [2.24, 2.45) is 5.92 Å². The summed E-state index contributed by atoms with van der Waals surface area (Å²) in [6, 6.07) is 0. The Kier molecular flexibility index (Phi) is 4.33. The summed E-state index contributed by atoms with van der Waals surface area (Å²) in [4.78, 5) is 21.6. The van der Waals surface area contributed by atoms with Crippen molar-refractivity contribution >= 4 is 28.2 Å². The highest BCUT2D eigenvalue weighted by molar-refractivity contribution is 7.18. The lowest BCUT2D eigenvalue weighted by Gasteiger charge is -2.29. The third-order valence-electron chi connectivity index (χ3n) is 4.57. The molecule has 1 saturated carbocycles. The quantitative estimate of drug-likeness (QED) is 0.928. The Morgan fingerprint density at radius 3 is 2.67 bits per heavy atom. The van der Waals surface area contributed by atoms with E-state index in [1.165, 1.54) is 49.9 Å². The van der Waals surface area contributed by atoms with Crippen molar-refractivity contribution in [2.75, 3.05) is 37.3 Å². The van der Waals surface area contributed by atoms with Crippen molar-refractivity contribution in [1.82, 2.24) is 9.88 Å². The van der Waals surface area contributed by atoms with Crippen LogP contribution in [0.15, 0.2) is 0 Å². The molecule has 2 fully saturated rings. The summed E-state index contributed by atoms with van der Waals surface area (Å²) in [5.74, 6) is 1.10. The molecule has 0 atom stereocenters. The first-order valence-electron chi connectivity index (χ1n) is 7.92. The lowest BCUT2D eigenvalue weighted by molar-refractivity contribution is 0.0751. The minimum absolute atomic E-state index is 0.0279. The minimum atomic E-state index is 0.0279. The zero-order chi connectivity index (χ0) is 14.8. The molecule has 2 aliphatic rings. The van der Waals surface area contributed by atoms with Crippen LogP contribution in [0.2, 0.25) is 0 Å². The van der Waals surface area contributed by atoms with Gasteiger partial charge in [0.1, 0.15) is 10.7 Å². The van der Waals surface area contributed by atoms with Crippen molar-refractivity contribution < 1.29 is 4.79 Å². The van der Waals surface area contributed by atoms with E-state index in [1.807, 2.05) is 11.9 Å². The maximum Gasteiger partial charge on any atom is 0.267 e. The number of hydrogen-bond donors (Lipinski definition) is 1. The molecule has 0 bridgehead atoms. The van der Waals surface area contributed by atoms with Gasteiger partial charge in [0.25, 0.3) is 5.91 Å². The highest BCUT2D eigenvalue weighted by Gasteiger charge is 2.26. The van der Waals surface area contributed by atoms with E-state index >= 15 is 0 Å². The van der Waals surface area contributed by atoms with Gasteiger partial charge < -0.3 is 15.5 Å².